The quantitative estimate of drug-likeness (QED) is 0.760. The van der Waals surface area contributed by atoms with Gasteiger partial charge >= 0.3 is 0 Å². The Balaban J connectivity index is 1.77. The Morgan fingerprint density at radius 2 is 2.10 bits per heavy atom. The lowest BCUT2D eigenvalue weighted by atomic mass is 10.2. The molecular weight excluding hydrogens is 269 g/mol. The fraction of sp³-hybridized carbons (Fsp3) is 0.188. The van der Waals surface area contributed by atoms with Gasteiger partial charge in [-0.1, -0.05) is 0 Å². The molecule has 5 heteroatoms. The van der Waals surface area contributed by atoms with E-state index in [9.17, 15) is 4.39 Å². The fourth-order valence-corrected chi connectivity index (χ4v) is 2.18. The monoisotopic (exact) mass is 285 g/mol. The van der Waals surface area contributed by atoms with Crippen molar-refractivity contribution in [3.8, 4) is 11.5 Å². The molecule has 2 heterocycles. The molecule has 0 atom stereocenters. The first-order valence-corrected chi connectivity index (χ1v) is 6.72. The van der Waals surface area contributed by atoms with Gasteiger partial charge in [0.25, 0.3) is 0 Å². The van der Waals surface area contributed by atoms with Crippen molar-refractivity contribution in [2.24, 2.45) is 0 Å². The molecule has 108 valence electrons. The first kappa shape index (κ1) is 13.4. The number of H-pyrrole nitrogens is 1. The largest absolute Gasteiger partial charge is 0.460 e. The van der Waals surface area contributed by atoms with Crippen LogP contribution in [0.2, 0.25) is 0 Å². The molecule has 1 aromatic carbocycles. The number of aromatic nitrogens is 2. The summed E-state index contributed by atoms with van der Waals surface area (Å²) in [5, 5.41) is 10.3. The summed E-state index contributed by atoms with van der Waals surface area (Å²) >= 11 is 0. The van der Waals surface area contributed by atoms with Gasteiger partial charge in [0.05, 0.1) is 6.20 Å². The van der Waals surface area contributed by atoms with Gasteiger partial charge in [0.15, 0.2) is 5.76 Å². The fourth-order valence-electron chi connectivity index (χ4n) is 2.18. The van der Waals surface area contributed by atoms with E-state index >= 15 is 0 Å². The van der Waals surface area contributed by atoms with Crippen LogP contribution in [0.4, 0.5) is 10.1 Å². The van der Waals surface area contributed by atoms with Gasteiger partial charge in [-0.2, -0.15) is 5.10 Å². The Labute approximate surface area is 122 Å². The molecule has 3 rings (SSSR count). The zero-order valence-electron chi connectivity index (χ0n) is 11.9. The Kier molecular flexibility index (Phi) is 3.48. The van der Waals surface area contributed by atoms with Crippen LogP contribution < -0.4 is 5.32 Å². The average molecular weight is 285 g/mol. The van der Waals surface area contributed by atoms with Crippen molar-refractivity contribution in [3.63, 3.8) is 0 Å². The maximum Gasteiger partial charge on any atom is 0.152 e. The Hall–Kier alpha value is -2.56. The number of anilines is 1. The second kappa shape index (κ2) is 5.44. The molecule has 21 heavy (non-hydrogen) atoms. The van der Waals surface area contributed by atoms with Crippen LogP contribution in [0.5, 0.6) is 0 Å². The van der Waals surface area contributed by atoms with E-state index in [-0.39, 0.29) is 5.82 Å². The molecule has 0 aliphatic heterocycles. The number of nitrogens with zero attached hydrogens (tertiary/aromatic N) is 1. The molecule has 0 saturated heterocycles. The third kappa shape index (κ3) is 2.81. The van der Waals surface area contributed by atoms with Crippen LogP contribution in [-0.4, -0.2) is 10.2 Å². The average Bonchev–Trinajstić information content (AvgIpc) is 3.08. The number of rotatable bonds is 4. The van der Waals surface area contributed by atoms with Crippen molar-refractivity contribution in [1.29, 1.82) is 0 Å². The highest BCUT2D eigenvalue weighted by atomic mass is 19.1. The first-order chi connectivity index (χ1) is 10.1. The molecule has 0 radical (unpaired) electrons. The van der Waals surface area contributed by atoms with Gasteiger partial charge in [0.2, 0.25) is 0 Å². The van der Waals surface area contributed by atoms with Crippen molar-refractivity contribution in [2.45, 2.75) is 20.4 Å². The molecule has 0 unspecified atom stereocenters. The van der Waals surface area contributed by atoms with Crippen LogP contribution in [0.1, 0.15) is 16.9 Å². The standard InChI is InChI=1S/C16H16FN3O/c1-10-7-13(4-5-14(10)17)18-8-12-9-19-20-16(12)15-6-3-11(2)21-15/h3-7,9,18H,8H2,1-2H3,(H,19,20). The molecule has 0 aliphatic carbocycles. The number of hydrogen-bond acceptors (Lipinski definition) is 3. The number of aromatic amines is 1. The lowest BCUT2D eigenvalue weighted by molar-refractivity contribution is 0.545. The normalized spacial score (nSPS) is 10.8. The van der Waals surface area contributed by atoms with E-state index in [4.69, 9.17) is 4.42 Å². The molecule has 2 aromatic heterocycles. The molecule has 0 spiro atoms. The van der Waals surface area contributed by atoms with Crippen LogP contribution in [0.25, 0.3) is 11.5 Å². The van der Waals surface area contributed by atoms with Gasteiger partial charge in [0, 0.05) is 17.8 Å². The molecule has 2 N–H and O–H groups in total. The summed E-state index contributed by atoms with van der Waals surface area (Å²) in [6.45, 7) is 4.23. The van der Waals surface area contributed by atoms with Crippen molar-refractivity contribution in [1.82, 2.24) is 10.2 Å². The van der Waals surface area contributed by atoms with Crippen molar-refractivity contribution in [3.05, 3.63) is 59.2 Å². The molecule has 0 fully saturated rings. The van der Waals surface area contributed by atoms with Gasteiger partial charge < -0.3 is 9.73 Å². The van der Waals surface area contributed by atoms with Crippen LogP contribution in [0, 0.1) is 19.7 Å². The van der Waals surface area contributed by atoms with E-state index in [1.54, 1.807) is 25.3 Å². The SMILES string of the molecule is Cc1ccc(-c2[nH]ncc2CNc2ccc(F)c(C)c2)o1. The topological polar surface area (TPSA) is 53.9 Å². The van der Waals surface area contributed by atoms with Crippen LogP contribution in [-0.2, 0) is 6.54 Å². The van der Waals surface area contributed by atoms with Crippen LogP contribution >= 0.6 is 0 Å². The number of halogens is 1. The highest BCUT2D eigenvalue weighted by molar-refractivity contribution is 5.58. The molecule has 0 amide bonds. The van der Waals surface area contributed by atoms with Crippen molar-refractivity contribution < 1.29 is 8.81 Å². The third-order valence-corrected chi connectivity index (χ3v) is 3.35. The van der Waals surface area contributed by atoms with Gasteiger partial charge in [0.1, 0.15) is 17.3 Å². The minimum Gasteiger partial charge on any atom is -0.460 e. The van der Waals surface area contributed by atoms with Crippen LogP contribution in [0.3, 0.4) is 0 Å². The highest BCUT2D eigenvalue weighted by Crippen LogP contribution is 2.24. The molecule has 4 nitrogen and oxygen atoms in total. The summed E-state index contributed by atoms with van der Waals surface area (Å²) < 4.78 is 18.9. The van der Waals surface area contributed by atoms with Gasteiger partial charge in [-0.15, -0.1) is 0 Å². The maximum absolute atomic E-state index is 13.2. The summed E-state index contributed by atoms with van der Waals surface area (Å²) in [5.74, 6) is 1.42. The Morgan fingerprint density at radius 1 is 1.24 bits per heavy atom. The summed E-state index contributed by atoms with van der Waals surface area (Å²) in [7, 11) is 0. The number of nitrogens with one attached hydrogen (secondary N) is 2. The second-order valence-electron chi connectivity index (χ2n) is 5.00. The predicted molar refractivity (Wildman–Crippen MR) is 79.5 cm³/mol. The van der Waals surface area contributed by atoms with Crippen molar-refractivity contribution >= 4 is 5.69 Å². The summed E-state index contributed by atoms with van der Waals surface area (Å²) in [6, 6.07) is 8.79. The predicted octanol–water partition coefficient (Wildman–Crippen LogP) is 4.04. The molecular formula is C16H16FN3O. The third-order valence-electron chi connectivity index (χ3n) is 3.35. The number of aryl methyl sites for hydroxylation is 2. The Morgan fingerprint density at radius 3 is 2.81 bits per heavy atom. The summed E-state index contributed by atoms with van der Waals surface area (Å²) in [4.78, 5) is 0. The van der Waals surface area contributed by atoms with E-state index < -0.39 is 0 Å². The highest BCUT2D eigenvalue weighted by Gasteiger charge is 2.11. The summed E-state index contributed by atoms with van der Waals surface area (Å²) in [5.41, 5.74) is 3.34. The van der Waals surface area contributed by atoms with E-state index in [1.807, 2.05) is 19.1 Å². The van der Waals surface area contributed by atoms with Gasteiger partial charge in [-0.05, 0) is 49.7 Å². The maximum atomic E-state index is 13.2. The van der Waals surface area contributed by atoms with E-state index in [2.05, 4.69) is 15.5 Å². The Bertz CT molecular complexity index is 760. The van der Waals surface area contributed by atoms with E-state index in [0.29, 0.717) is 12.1 Å². The zero-order chi connectivity index (χ0) is 14.8. The minimum atomic E-state index is -0.199. The molecule has 3 aromatic rings. The van der Waals surface area contributed by atoms with Crippen molar-refractivity contribution in [2.75, 3.05) is 5.32 Å². The molecule has 0 bridgehead atoms. The summed E-state index contributed by atoms with van der Waals surface area (Å²) in [6.07, 6.45) is 1.76. The van der Waals surface area contributed by atoms with E-state index in [1.165, 1.54) is 6.07 Å². The lowest BCUT2D eigenvalue weighted by Gasteiger charge is -2.07. The number of furan rings is 1. The lowest BCUT2D eigenvalue weighted by Crippen LogP contribution is -2.00. The number of hydrogen-bond donors (Lipinski definition) is 2. The minimum absolute atomic E-state index is 0.199. The smallest absolute Gasteiger partial charge is 0.152 e. The van der Waals surface area contributed by atoms with Gasteiger partial charge in [-0.25, -0.2) is 4.39 Å². The van der Waals surface area contributed by atoms with Gasteiger partial charge in [-0.3, -0.25) is 5.10 Å². The van der Waals surface area contributed by atoms with Crippen LogP contribution in [0.15, 0.2) is 40.9 Å². The second-order valence-corrected chi connectivity index (χ2v) is 5.00. The zero-order valence-corrected chi connectivity index (χ0v) is 11.9. The first-order valence-electron chi connectivity index (χ1n) is 6.72. The van der Waals surface area contributed by atoms with E-state index in [0.717, 1.165) is 28.5 Å². The molecule has 0 saturated carbocycles. The number of benzene rings is 1. The molecule has 0 aliphatic rings.